The van der Waals surface area contributed by atoms with Crippen LogP contribution in [0.3, 0.4) is 0 Å². The zero-order valence-electron chi connectivity index (χ0n) is 15.4. The van der Waals surface area contributed by atoms with Crippen LogP contribution in [0, 0.1) is 0 Å². The molecule has 0 saturated carbocycles. The molecule has 0 amide bonds. The SMILES string of the molecule is O=c1c(=Cc2ccco2)sc2n1[C@@H](c1cccs1)C1=C(N=2)c2ccccc2CC1. The third-order valence-electron chi connectivity index (χ3n) is 5.50. The zero-order chi connectivity index (χ0) is 19.4. The Morgan fingerprint density at radius 2 is 2.03 bits per heavy atom. The molecule has 0 N–H and O–H groups in total. The molecular weight excluding hydrogens is 400 g/mol. The number of furan rings is 1. The number of aryl methyl sites for hydroxylation is 1. The van der Waals surface area contributed by atoms with Crippen LogP contribution in [-0.4, -0.2) is 4.57 Å². The van der Waals surface area contributed by atoms with Gasteiger partial charge in [-0.1, -0.05) is 41.7 Å². The van der Waals surface area contributed by atoms with Gasteiger partial charge in [0.2, 0.25) is 0 Å². The number of thiophene rings is 1. The molecule has 6 rings (SSSR count). The van der Waals surface area contributed by atoms with Gasteiger partial charge >= 0.3 is 0 Å². The second-order valence-corrected chi connectivity index (χ2v) is 9.13. The van der Waals surface area contributed by atoms with E-state index in [1.165, 1.54) is 32.9 Å². The predicted molar refractivity (Wildman–Crippen MR) is 116 cm³/mol. The van der Waals surface area contributed by atoms with Crippen molar-refractivity contribution in [1.29, 1.82) is 0 Å². The summed E-state index contributed by atoms with van der Waals surface area (Å²) >= 11 is 3.12. The molecule has 1 atom stereocenters. The van der Waals surface area contributed by atoms with E-state index in [4.69, 9.17) is 9.41 Å². The van der Waals surface area contributed by atoms with Gasteiger partial charge in [0.1, 0.15) is 5.76 Å². The minimum Gasteiger partial charge on any atom is -0.465 e. The van der Waals surface area contributed by atoms with Gasteiger partial charge in [0.15, 0.2) is 4.80 Å². The molecule has 2 aliphatic rings. The van der Waals surface area contributed by atoms with E-state index < -0.39 is 0 Å². The first kappa shape index (κ1) is 16.9. The summed E-state index contributed by atoms with van der Waals surface area (Å²) in [5, 5.41) is 2.07. The lowest BCUT2D eigenvalue weighted by molar-refractivity contribution is 0.556. The number of thiazole rings is 1. The second-order valence-electron chi connectivity index (χ2n) is 7.14. The highest BCUT2D eigenvalue weighted by Crippen LogP contribution is 2.42. The maximum Gasteiger partial charge on any atom is 0.271 e. The van der Waals surface area contributed by atoms with Gasteiger partial charge in [-0.15, -0.1) is 11.3 Å². The Bertz CT molecular complexity index is 1420. The van der Waals surface area contributed by atoms with E-state index in [9.17, 15) is 4.79 Å². The topological polar surface area (TPSA) is 47.5 Å². The number of aromatic nitrogens is 1. The monoisotopic (exact) mass is 416 g/mol. The van der Waals surface area contributed by atoms with Crippen LogP contribution in [0.4, 0.5) is 0 Å². The third-order valence-corrected chi connectivity index (χ3v) is 7.41. The Hall–Kier alpha value is -2.96. The smallest absolute Gasteiger partial charge is 0.271 e. The van der Waals surface area contributed by atoms with Gasteiger partial charge in [0.05, 0.1) is 22.5 Å². The van der Waals surface area contributed by atoms with Crippen LogP contribution in [0.15, 0.2) is 80.0 Å². The first-order valence-electron chi connectivity index (χ1n) is 9.49. The van der Waals surface area contributed by atoms with Gasteiger partial charge < -0.3 is 4.42 Å². The van der Waals surface area contributed by atoms with Crippen LogP contribution >= 0.6 is 22.7 Å². The molecule has 0 spiro atoms. The highest BCUT2D eigenvalue weighted by Gasteiger charge is 2.32. The minimum atomic E-state index is -0.0895. The summed E-state index contributed by atoms with van der Waals surface area (Å²) in [6.07, 6.45) is 5.32. The summed E-state index contributed by atoms with van der Waals surface area (Å²) in [5.74, 6) is 0.678. The summed E-state index contributed by atoms with van der Waals surface area (Å²) in [4.78, 5) is 20.3. The third kappa shape index (κ3) is 2.63. The van der Waals surface area contributed by atoms with Crippen molar-refractivity contribution in [3.05, 3.63) is 107 Å². The molecule has 0 fully saturated rings. The van der Waals surface area contributed by atoms with Gasteiger partial charge in [-0.05, 0) is 47.6 Å². The summed E-state index contributed by atoms with van der Waals surface area (Å²) in [7, 11) is 0. The highest BCUT2D eigenvalue weighted by molar-refractivity contribution is 7.10. The number of fused-ring (bicyclic) bond motifs is 3. The highest BCUT2D eigenvalue weighted by atomic mass is 32.1. The fourth-order valence-electron chi connectivity index (χ4n) is 4.22. The Morgan fingerprint density at radius 3 is 2.86 bits per heavy atom. The molecular formula is C23H16N2O2S2. The van der Waals surface area contributed by atoms with Crippen LogP contribution in [0.2, 0.25) is 0 Å². The predicted octanol–water partition coefficient (Wildman–Crippen LogP) is 3.97. The van der Waals surface area contributed by atoms with Crippen molar-refractivity contribution in [2.75, 3.05) is 0 Å². The van der Waals surface area contributed by atoms with Crippen molar-refractivity contribution in [1.82, 2.24) is 4.57 Å². The normalized spacial score (nSPS) is 18.2. The largest absolute Gasteiger partial charge is 0.465 e. The van der Waals surface area contributed by atoms with Crippen molar-refractivity contribution >= 4 is 34.4 Å². The number of hydrogen-bond acceptors (Lipinski definition) is 5. The quantitative estimate of drug-likeness (QED) is 0.496. The number of hydrogen-bond donors (Lipinski definition) is 0. The first-order valence-corrected chi connectivity index (χ1v) is 11.2. The molecule has 0 saturated heterocycles. The van der Waals surface area contributed by atoms with E-state index in [-0.39, 0.29) is 11.6 Å². The summed E-state index contributed by atoms with van der Waals surface area (Å²) in [5.41, 5.74) is 4.79. The second kappa shape index (κ2) is 6.54. The summed E-state index contributed by atoms with van der Waals surface area (Å²) in [6.45, 7) is 0. The zero-order valence-corrected chi connectivity index (χ0v) is 17.0. The standard InChI is InChI=1S/C23H16N2O2S2/c26-22-19(13-15-6-3-11-27-15)29-23-24-20-16-7-2-1-5-14(16)9-10-17(20)21(25(22)23)18-8-4-12-28-18/h1-8,11-13,21H,9-10H2/t21-/m1/s1. The molecule has 29 heavy (non-hydrogen) atoms. The van der Waals surface area contributed by atoms with E-state index in [0.29, 0.717) is 10.3 Å². The van der Waals surface area contributed by atoms with Gasteiger partial charge in [0.25, 0.3) is 5.56 Å². The Morgan fingerprint density at radius 1 is 1.10 bits per heavy atom. The van der Waals surface area contributed by atoms with E-state index in [0.717, 1.165) is 23.3 Å². The van der Waals surface area contributed by atoms with E-state index >= 15 is 0 Å². The number of allylic oxidation sites excluding steroid dienone is 1. The average Bonchev–Trinajstić information content (AvgIpc) is 3.50. The van der Waals surface area contributed by atoms with E-state index in [1.54, 1.807) is 17.6 Å². The molecule has 3 aromatic heterocycles. The lowest BCUT2D eigenvalue weighted by atomic mass is 9.85. The van der Waals surface area contributed by atoms with Gasteiger partial charge in [-0.3, -0.25) is 9.36 Å². The Kier molecular flexibility index (Phi) is 3.82. The van der Waals surface area contributed by atoms with Crippen molar-refractivity contribution in [2.24, 2.45) is 4.99 Å². The minimum absolute atomic E-state index is 0.00559. The van der Waals surface area contributed by atoms with E-state index in [1.807, 2.05) is 22.8 Å². The number of nitrogens with zero attached hydrogens (tertiary/aromatic N) is 2. The van der Waals surface area contributed by atoms with Crippen molar-refractivity contribution < 1.29 is 4.42 Å². The first-order chi connectivity index (χ1) is 14.3. The maximum absolute atomic E-state index is 13.4. The molecule has 0 unspecified atom stereocenters. The van der Waals surface area contributed by atoms with Crippen LogP contribution in [-0.2, 0) is 6.42 Å². The van der Waals surface area contributed by atoms with Crippen LogP contribution in [0.5, 0.6) is 0 Å². The Balaban J connectivity index is 1.66. The van der Waals surface area contributed by atoms with Gasteiger partial charge in [-0.2, -0.15) is 0 Å². The lowest BCUT2D eigenvalue weighted by Crippen LogP contribution is -2.38. The number of rotatable bonds is 2. The molecule has 0 bridgehead atoms. The van der Waals surface area contributed by atoms with Crippen molar-refractivity contribution in [3.8, 4) is 0 Å². The van der Waals surface area contributed by atoms with Gasteiger partial charge in [0, 0.05) is 16.5 Å². The maximum atomic E-state index is 13.4. The van der Waals surface area contributed by atoms with Crippen molar-refractivity contribution in [3.63, 3.8) is 0 Å². The van der Waals surface area contributed by atoms with Crippen LogP contribution in [0.25, 0.3) is 11.8 Å². The Labute approximate surface area is 174 Å². The molecule has 1 aliphatic heterocycles. The summed E-state index contributed by atoms with van der Waals surface area (Å²) in [6, 6.07) is 16.2. The van der Waals surface area contributed by atoms with Crippen LogP contribution in [0.1, 0.15) is 34.2 Å². The van der Waals surface area contributed by atoms with Gasteiger partial charge in [-0.25, -0.2) is 4.99 Å². The average molecular weight is 417 g/mol. The number of benzene rings is 1. The summed E-state index contributed by atoms with van der Waals surface area (Å²) < 4.78 is 7.95. The van der Waals surface area contributed by atoms with Crippen LogP contribution < -0.4 is 14.9 Å². The molecule has 1 aromatic carbocycles. The fourth-order valence-corrected chi connectivity index (χ4v) is 6.05. The molecule has 6 heteroatoms. The molecule has 1 aliphatic carbocycles. The molecule has 0 radical (unpaired) electrons. The fraction of sp³-hybridized carbons (Fsp3) is 0.130. The molecule has 4 nitrogen and oxygen atoms in total. The van der Waals surface area contributed by atoms with E-state index in [2.05, 4.69) is 41.8 Å². The molecule has 142 valence electrons. The molecule has 4 heterocycles. The van der Waals surface area contributed by atoms with Crippen molar-refractivity contribution in [2.45, 2.75) is 18.9 Å². The lowest BCUT2D eigenvalue weighted by Gasteiger charge is -2.30. The molecule has 4 aromatic rings.